The van der Waals surface area contributed by atoms with Crippen LogP contribution in [0.5, 0.6) is 5.75 Å². The number of aryl methyl sites for hydroxylation is 1. The molecule has 5 heteroatoms. The number of nitrogens with zero attached hydrogens (tertiary/aromatic N) is 2. The van der Waals surface area contributed by atoms with Gasteiger partial charge in [0.2, 0.25) is 11.7 Å². The monoisotopic (exact) mass is 287 g/mol. The minimum Gasteiger partial charge on any atom is -0.496 e. The highest BCUT2D eigenvalue weighted by Crippen LogP contribution is 2.36. The third-order valence-electron chi connectivity index (χ3n) is 4.20. The van der Waals surface area contributed by atoms with Crippen LogP contribution < -0.4 is 10.5 Å². The summed E-state index contributed by atoms with van der Waals surface area (Å²) in [7, 11) is 1.64. The Kier molecular flexibility index (Phi) is 3.68. The molecule has 0 saturated heterocycles. The highest BCUT2D eigenvalue weighted by Gasteiger charge is 2.35. The predicted molar refractivity (Wildman–Crippen MR) is 80.0 cm³/mol. The topological polar surface area (TPSA) is 74.2 Å². The third-order valence-corrected chi connectivity index (χ3v) is 4.20. The van der Waals surface area contributed by atoms with Gasteiger partial charge in [0.25, 0.3) is 0 Å². The summed E-state index contributed by atoms with van der Waals surface area (Å²) in [5, 5.41) is 4.10. The molecule has 0 unspecified atom stereocenters. The smallest absolute Gasteiger partial charge is 0.247 e. The van der Waals surface area contributed by atoms with Gasteiger partial charge in [-0.05, 0) is 37.5 Å². The van der Waals surface area contributed by atoms with Gasteiger partial charge in [0, 0.05) is 0 Å². The van der Waals surface area contributed by atoms with Gasteiger partial charge in [-0.1, -0.05) is 30.5 Å². The molecule has 0 spiro atoms. The van der Waals surface area contributed by atoms with E-state index in [9.17, 15) is 0 Å². The number of methoxy groups -OCH3 is 1. The van der Waals surface area contributed by atoms with Crippen LogP contribution in [-0.4, -0.2) is 17.3 Å². The zero-order valence-electron chi connectivity index (χ0n) is 12.6. The van der Waals surface area contributed by atoms with E-state index < -0.39 is 5.54 Å². The summed E-state index contributed by atoms with van der Waals surface area (Å²) in [5.41, 5.74) is 7.93. The van der Waals surface area contributed by atoms with Crippen molar-refractivity contribution >= 4 is 0 Å². The highest BCUT2D eigenvalue weighted by molar-refractivity contribution is 5.64. The van der Waals surface area contributed by atoms with Gasteiger partial charge in [-0.25, -0.2) is 0 Å². The van der Waals surface area contributed by atoms with Crippen molar-refractivity contribution in [3.63, 3.8) is 0 Å². The average molecular weight is 287 g/mol. The zero-order chi connectivity index (χ0) is 14.9. The Labute approximate surface area is 124 Å². The van der Waals surface area contributed by atoms with Crippen molar-refractivity contribution in [3.8, 4) is 17.1 Å². The van der Waals surface area contributed by atoms with Gasteiger partial charge in [-0.2, -0.15) is 4.98 Å². The molecule has 1 aromatic carbocycles. The van der Waals surface area contributed by atoms with E-state index in [2.05, 4.69) is 10.1 Å². The van der Waals surface area contributed by atoms with Crippen molar-refractivity contribution in [1.82, 2.24) is 10.1 Å². The van der Waals surface area contributed by atoms with Gasteiger partial charge in [-0.3, -0.25) is 0 Å². The van der Waals surface area contributed by atoms with Crippen molar-refractivity contribution in [2.24, 2.45) is 5.73 Å². The van der Waals surface area contributed by atoms with E-state index in [1.807, 2.05) is 25.1 Å². The van der Waals surface area contributed by atoms with Crippen LogP contribution in [-0.2, 0) is 5.54 Å². The van der Waals surface area contributed by atoms with E-state index in [1.165, 1.54) is 6.42 Å². The Morgan fingerprint density at radius 1 is 1.24 bits per heavy atom. The van der Waals surface area contributed by atoms with Crippen molar-refractivity contribution in [2.75, 3.05) is 7.11 Å². The molecule has 1 heterocycles. The first-order chi connectivity index (χ1) is 10.1. The van der Waals surface area contributed by atoms with Gasteiger partial charge in [0.15, 0.2) is 0 Å². The first kappa shape index (κ1) is 14.1. The Bertz CT molecular complexity index is 630. The molecule has 1 fully saturated rings. The van der Waals surface area contributed by atoms with Gasteiger partial charge in [0.05, 0.1) is 18.2 Å². The fraction of sp³-hybridized carbons (Fsp3) is 0.500. The lowest BCUT2D eigenvalue weighted by molar-refractivity contribution is 0.220. The van der Waals surface area contributed by atoms with Crippen LogP contribution in [0.3, 0.4) is 0 Å². The predicted octanol–water partition coefficient (Wildman–Crippen LogP) is 3.17. The summed E-state index contributed by atoms with van der Waals surface area (Å²) >= 11 is 0. The first-order valence-corrected chi connectivity index (χ1v) is 7.40. The minimum atomic E-state index is -0.471. The van der Waals surface area contributed by atoms with Crippen LogP contribution in [0.4, 0.5) is 0 Å². The van der Waals surface area contributed by atoms with Crippen LogP contribution in [0.1, 0.15) is 43.6 Å². The highest BCUT2D eigenvalue weighted by atomic mass is 16.5. The molecule has 0 aliphatic heterocycles. The fourth-order valence-corrected chi connectivity index (χ4v) is 2.91. The molecular weight excluding hydrogens is 266 g/mol. The molecule has 3 rings (SSSR count). The molecule has 0 amide bonds. The van der Waals surface area contributed by atoms with Crippen molar-refractivity contribution in [1.29, 1.82) is 0 Å². The Morgan fingerprint density at radius 2 is 2.00 bits per heavy atom. The number of ether oxygens (including phenoxy) is 1. The van der Waals surface area contributed by atoms with E-state index >= 15 is 0 Å². The number of benzene rings is 1. The Hall–Kier alpha value is -1.88. The van der Waals surface area contributed by atoms with E-state index in [1.54, 1.807) is 7.11 Å². The molecule has 1 aliphatic carbocycles. The molecule has 1 saturated carbocycles. The maximum absolute atomic E-state index is 6.44. The lowest BCUT2D eigenvalue weighted by Crippen LogP contribution is -2.38. The second-order valence-electron chi connectivity index (χ2n) is 5.84. The molecule has 5 nitrogen and oxygen atoms in total. The van der Waals surface area contributed by atoms with Crippen molar-refractivity contribution in [2.45, 2.75) is 44.6 Å². The van der Waals surface area contributed by atoms with Crippen LogP contribution >= 0.6 is 0 Å². The third kappa shape index (κ3) is 2.65. The van der Waals surface area contributed by atoms with E-state index in [-0.39, 0.29) is 0 Å². The molecule has 2 N–H and O–H groups in total. The van der Waals surface area contributed by atoms with Crippen LogP contribution in [0, 0.1) is 6.92 Å². The Morgan fingerprint density at radius 3 is 2.71 bits per heavy atom. The SMILES string of the molecule is COc1cc(C)ccc1-c1noc(C2(N)CCCCC2)n1. The standard InChI is InChI=1S/C16H21N3O2/c1-11-6-7-12(13(10-11)20-2)14-18-15(21-19-14)16(17)8-4-3-5-9-16/h6-7,10H,3-5,8-9,17H2,1-2H3. The molecule has 1 aliphatic rings. The number of hydrogen-bond acceptors (Lipinski definition) is 5. The van der Waals surface area contributed by atoms with Gasteiger partial charge in [-0.15, -0.1) is 0 Å². The summed E-state index contributed by atoms with van der Waals surface area (Å²) in [6.45, 7) is 2.02. The largest absolute Gasteiger partial charge is 0.496 e. The van der Waals surface area contributed by atoms with E-state index in [0.29, 0.717) is 11.7 Å². The molecular formula is C16H21N3O2. The summed E-state index contributed by atoms with van der Waals surface area (Å²) < 4.78 is 10.9. The molecule has 0 atom stereocenters. The quantitative estimate of drug-likeness (QED) is 0.938. The van der Waals surface area contributed by atoms with Crippen LogP contribution in [0.2, 0.25) is 0 Å². The molecule has 0 radical (unpaired) electrons. The maximum atomic E-state index is 6.44. The number of rotatable bonds is 3. The van der Waals surface area contributed by atoms with Crippen LogP contribution in [0.25, 0.3) is 11.4 Å². The van der Waals surface area contributed by atoms with Crippen LogP contribution in [0.15, 0.2) is 22.7 Å². The second-order valence-corrected chi connectivity index (χ2v) is 5.84. The van der Waals surface area contributed by atoms with Gasteiger partial charge < -0.3 is 15.0 Å². The summed E-state index contributed by atoms with van der Waals surface area (Å²) in [6.07, 6.45) is 5.26. The van der Waals surface area contributed by atoms with E-state index in [4.69, 9.17) is 15.0 Å². The molecule has 21 heavy (non-hydrogen) atoms. The fourth-order valence-electron chi connectivity index (χ4n) is 2.91. The maximum Gasteiger partial charge on any atom is 0.247 e. The number of hydrogen-bond donors (Lipinski definition) is 1. The zero-order valence-corrected chi connectivity index (χ0v) is 12.6. The summed E-state index contributed by atoms with van der Waals surface area (Å²) in [4.78, 5) is 4.53. The van der Waals surface area contributed by atoms with Crippen molar-refractivity contribution in [3.05, 3.63) is 29.7 Å². The van der Waals surface area contributed by atoms with Gasteiger partial charge in [0.1, 0.15) is 5.75 Å². The minimum absolute atomic E-state index is 0.471. The lowest BCUT2D eigenvalue weighted by atomic mass is 9.82. The summed E-state index contributed by atoms with van der Waals surface area (Å²) in [6, 6.07) is 5.92. The lowest BCUT2D eigenvalue weighted by Gasteiger charge is -2.29. The van der Waals surface area contributed by atoms with Gasteiger partial charge >= 0.3 is 0 Å². The molecule has 0 bridgehead atoms. The number of aromatic nitrogens is 2. The molecule has 2 aromatic rings. The summed E-state index contributed by atoms with van der Waals surface area (Å²) in [5.74, 6) is 1.83. The molecule has 112 valence electrons. The van der Waals surface area contributed by atoms with E-state index in [0.717, 1.165) is 42.6 Å². The second kappa shape index (κ2) is 5.48. The Balaban J connectivity index is 1.95. The molecule has 1 aromatic heterocycles. The van der Waals surface area contributed by atoms with Crippen molar-refractivity contribution < 1.29 is 9.26 Å². The normalized spacial score (nSPS) is 17.7. The number of nitrogens with two attached hydrogens (primary N) is 1. The average Bonchev–Trinajstić information content (AvgIpc) is 2.98. The first-order valence-electron chi connectivity index (χ1n) is 7.40.